The molecule has 72 heavy (non-hydrogen) atoms. The maximum absolute atomic E-state index is 8.97. The first-order chi connectivity index (χ1) is 35.1. The van der Waals surface area contributed by atoms with Crippen LogP contribution in [0.15, 0.2) is 170 Å². The van der Waals surface area contributed by atoms with Crippen molar-refractivity contribution in [3.05, 3.63) is 203 Å². The van der Waals surface area contributed by atoms with Gasteiger partial charge < -0.3 is 23.6 Å². The zero-order chi connectivity index (χ0) is 51.4. The third kappa shape index (κ3) is 16.8. The van der Waals surface area contributed by atoms with Crippen molar-refractivity contribution >= 4 is 8.53 Å². The number of aliphatic hydroxyl groups is 1. The Hall–Kier alpha value is -4.89. The lowest BCUT2D eigenvalue weighted by molar-refractivity contribution is 0.146. The Morgan fingerprint density at radius 1 is 0.431 bits per heavy atom. The SMILES string of the molecule is COc1ccc(C(NCCCCCCCO)(c2ccccc2)c2ccccc2)cc1.COc1ccc(C(NCCCCCCCOP(OC(C)C)N(C(C)C)C(C)C)(c2ccccc2)c2ccccc2)cc1. The molecule has 1 unspecified atom stereocenters. The second-order valence-corrected chi connectivity index (χ2v) is 20.7. The van der Waals surface area contributed by atoms with E-state index in [0.717, 1.165) is 82.6 Å². The smallest absolute Gasteiger partial charge is 0.259 e. The van der Waals surface area contributed by atoms with Gasteiger partial charge >= 0.3 is 0 Å². The predicted molar refractivity (Wildman–Crippen MR) is 302 cm³/mol. The molecule has 0 aliphatic carbocycles. The number of unbranched alkanes of at least 4 members (excludes halogenated alkanes) is 8. The molecule has 0 radical (unpaired) electrons. The number of nitrogens with zero attached hydrogens (tertiary/aromatic N) is 1. The number of hydrogen-bond acceptors (Lipinski definition) is 8. The molecular formula is C63H86N3O5P. The number of benzene rings is 6. The number of ether oxygens (including phenoxy) is 2. The van der Waals surface area contributed by atoms with Gasteiger partial charge in [0.25, 0.3) is 8.53 Å². The van der Waals surface area contributed by atoms with Crippen LogP contribution in [0.4, 0.5) is 0 Å². The fraction of sp³-hybridized carbons (Fsp3) is 0.429. The molecule has 9 heteroatoms. The molecule has 6 aromatic rings. The van der Waals surface area contributed by atoms with Crippen molar-refractivity contribution in [3.63, 3.8) is 0 Å². The Morgan fingerprint density at radius 3 is 1.07 bits per heavy atom. The molecule has 0 saturated carbocycles. The highest BCUT2D eigenvalue weighted by molar-refractivity contribution is 7.44. The molecule has 0 amide bonds. The van der Waals surface area contributed by atoms with E-state index in [1.807, 2.05) is 12.1 Å². The molecule has 0 aliphatic rings. The summed E-state index contributed by atoms with van der Waals surface area (Å²) < 4.78 is 25.8. The predicted octanol–water partition coefficient (Wildman–Crippen LogP) is 14.8. The number of methoxy groups -OCH3 is 2. The molecule has 0 fully saturated rings. The van der Waals surface area contributed by atoms with E-state index < -0.39 is 19.6 Å². The molecule has 0 bridgehead atoms. The van der Waals surface area contributed by atoms with Crippen LogP contribution in [0.1, 0.15) is 139 Å². The zero-order valence-corrected chi connectivity index (χ0v) is 45.7. The molecule has 3 N–H and O–H groups in total. The maximum Gasteiger partial charge on any atom is 0.259 e. The Kier molecular flexibility index (Phi) is 25.5. The zero-order valence-electron chi connectivity index (χ0n) is 44.8. The second-order valence-electron chi connectivity index (χ2n) is 19.3. The standard InChI is InChI=1S/C36H53N2O3P.C27H33NO2/c1-29(2)38(30(3)4)42(41-31(5)6)40-28-18-10-8-9-17-27-37-36(32-19-13-11-14-20-32,33-21-15-12-16-22-33)34-23-25-35(39-7)26-24-34;1-30-26-19-17-25(18-20-26)27(23-13-7-5-8-14-23,24-15-9-6-10-16-24)28-21-11-3-2-4-12-22-29/h11-16,19-26,29-31,37H,8-10,17-18,27-28H2,1-7H3;5-10,13-20,28-29H,2-4,11-12,21-22H2,1H3. The summed E-state index contributed by atoms with van der Waals surface area (Å²) in [5, 5.41) is 16.9. The van der Waals surface area contributed by atoms with E-state index in [9.17, 15) is 0 Å². The Morgan fingerprint density at radius 2 is 0.750 bits per heavy atom. The van der Waals surface area contributed by atoms with E-state index in [4.69, 9.17) is 23.6 Å². The van der Waals surface area contributed by atoms with E-state index >= 15 is 0 Å². The van der Waals surface area contributed by atoms with Crippen molar-refractivity contribution in [2.24, 2.45) is 0 Å². The van der Waals surface area contributed by atoms with Crippen LogP contribution in [0.3, 0.4) is 0 Å². The average molecular weight is 996 g/mol. The van der Waals surface area contributed by atoms with Crippen LogP contribution in [0, 0.1) is 0 Å². The van der Waals surface area contributed by atoms with Gasteiger partial charge in [0, 0.05) is 18.7 Å². The topological polar surface area (TPSA) is 84.5 Å². The summed E-state index contributed by atoms with van der Waals surface area (Å²) in [4.78, 5) is 0. The van der Waals surface area contributed by atoms with Crippen LogP contribution in [-0.2, 0) is 20.1 Å². The molecule has 8 nitrogen and oxygen atoms in total. The quantitative estimate of drug-likeness (QED) is 0.0226. The minimum atomic E-state index is -1.04. The summed E-state index contributed by atoms with van der Waals surface area (Å²) in [7, 11) is 2.37. The first-order valence-electron chi connectivity index (χ1n) is 26.6. The molecule has 6 aromatic carbocycles. The highest BCUT2D eigenvalue weighted by Crippen LogP contribution is 2.47. The maximum atomic E-state index is 8.97. The van der Waals surface area contributed by atoms with Crippen molar-refractivity contribution in [1.29, 1.82) is 0 Å². The van der Waals surface area contributed by atoms with E-state index in [-0.39, 0.29) is 6.10 Å². The molecule has 6 rings (SSSR count). The van der Waals surface area contributed by atoms with Crippen molar-refractivity contribution in [3.8, 4) is 11.5 Å². The van der Waals surface area contributed by atoms with Gasteiger partial charge in [-0.05, 0) is 138 Å². The third-order valence-electron chi connectivity index (χ3n) is 13.1. The molecule has 0 aliphatic heterocycles. The lowest BCUT2D eigenvalue weighted by Gasteiger charge is -2.37. The number of rotatable bonds is 31. The highest BCUT2D eigenvalue weighted by atomic mass is 31.2. The molecule has 388 valence electrons. The Labute approximate surface area is 435 Å². The molecule has 0 spiro atoms. The highest BCUT2D eigenvalue weighted by Gasteiger charge is 2.37. The average Bonchev–Trinajstić information content (AvgIpc) is 3.41. The van der Waals surface area contributed by atoms with Crippen LogP contribution in [0.2, 0.25) is 0 Å². The van der Waals surface area contributed by atoms with Crippen LogP contribution >= 0.6 is 8.53 Å². The van der Waals surface area contributed by atoms with Crippen molar-refractivity contribution in [1.82, 2.24) is 15.3 Å². The summed E-state index contributed by atoms with van der Waals surface area (Å²) in [6.07, 6.45) is 11.3. The van der Waals surface area contributed by atoms with Gasteiger partial charge in [0.1, 0.15) is 11.5 Å². The lowest BCUT2D eigenvalue weighted by Crippen LogP contribution is -2.45. The molecule has 0 saturated heterocycles. The minimum Gasteiger partial charge on any atom is -0.497 e. The van der Waals surface area contributed by atoms with Crippen molar-refractivity contribution < 1.29 is 23.6 Å². The second kappa shape index (κ2) is 31.6. The third-order valence-corrected chi connectivity index (χ3v) is 15.4. The largest absolute Gasteiger partial charge is 0.497 e. The first kappa shape index (κ1) is 58.0. The fourth-order valence-electron chi connectivity index (χ4n) is 9.57. The van der Waals surface area contributed by atoms with Gasteiger partial charge in [-0.2, -0.15) is 0 Å². The van der Waals surface area contributed by atoms with Crippen LogP contribution in [0.25, 0.3) is 0 Å². The summed E-state index contributed by atoms with van der Waals surface area (Å²) in [5.74, 6) is 1.72. The molecule has 0 heterocycles. The number of nitrogens with one attached hydrogen (secondary N) is 2. The van der Waals surface area contributed by atoms with Crippen LogP contribution in [-0.4, -0.2) is 68.5 Å². The summed E-state index contributed by atoms with van der Waals surface area (Å²) >= 11 is 0. The molecule has 1 atom stereocenters. The van der Waals surface area contributed by atoms with Gasteiger partial charge in [-0.3, -0.25) is 10.6 Å². The van der Waals surface area contributed by atoms with Crippen LogP contribution < -0.4 is 20.1 Å². The van der Waals surface area contributed by atoms with E-state index in [0.29, 0.717) is 18.7 Å². The summed E-state index contributed by atoms with van der Waals surface area (Å²) in [6.45, 7) is 15.9. The van der Waals surface area contributed by atoms with Gasteiger partial charge in [0.05, 0.1) is 38.0 Å². The summed E-state index contributed by atoms with van der Waals surface area (Å²) in [6, 6.07) is 60.5. The van der Waals surface area contributed by atoms with Gasteiger partial charge in [-0.15, -0.1) is 0 Å². The van der Waals surface area contributed by atoms with Crippen molar-refractivity contribution in [2.75, 3.05) is 40.5 Å². The van der Waals surface area contributed by atoms with E-state index in [1.165, 1.54) is 46.2 Å². The number of aliphatic hydroxyl groups excluding tert-OH is 1. The molecular weight excluding hydrogens is 910 g/mol. The lowest BCUT2D eigenvalue weighted by atomic mass is 9.77. The minimum absolute atomic E-state index is 0.153. The van der Waals surface area contributed by atoms with Gasteiger partial charge in [0.15, 0.2) is 0 Å². The Balaban J connectivity index is 0.000000282. The van der Waals surface area contributed by atoms with E-state index in [1.54, 1.807) is 14.2 Å². The van der Waals surface area contributed by atoms with Gasteiger partial charge in [-0.25, -0.2) is 4.67 Å². The molecule has 0 aromatic heterocycles. The van der Waals surface area contributed by atoms with Crippen LogP contribution in [0.5, 0.6) is 11.5 Å². The summed E-state index contributed by atoms with van der Waals surface area (Å²) in [5.41, 5.74) is 6.43. The first-order valence-corrected chi connectivity index (χ1v) is 27.7. The fourth-order valence-corrected chi connectivity index (χ4v) is 11.3. The van der Waals surface area contributed by atoms with E-state index in [2.05, 4.69) is 215 Å². The van der Waals surface area contributed by atoms with Gasteiger partial charge in [0.2, 0.25) is 0 Å². The monoisotopic (exact) mass is 996 g/mol. The van der Waals surface area contributed by atoms with Gasteiger partial charge in [-0.1, -0.05) is 184 Å². The number of hydrogen-bond donors (Lipinski definition) is 3. The van der Waals surface area contributed by atoms with Crippen molar-refractivity contribution in [2.45, 2.75) is 135 Å². The Bertz CT molecular complexity index is 2210. The normalized spacial score (nSPS) is 12.3.